The number of ether oxygens (including phenoxy) is 1. The second-order valence-corrected chi connectivity index (χ2v) is 8.02. The van der Waals surface area contributed by atoms with Crippen molar-refractivity contribution in [2.45, 2.75) is 44.9 Å². The summed E-state index contributed by atoms with van der Waals surface area (Å²) in [5, 5.41) is 11.9. The molecular formula is C17H25N7O5. The van der Waals surface area contributed by atoms with Crippen molar-refractivity contribution < 1.29 is 19.4 Å². The summed E-state index contributed by atoms with van der Waals surface area (Å²) in [6.45, 7) is 5.73. The van der Waals surface area contributed by atoms with Gasteiger partial charge in [0.25, 0.3) is 5.56 Å². The smallest absolute Gasteiger partial charge is 0.407 e. The standard InChI is InChI=1S/C17H25N7O5/c1-17(2,3)29-16(28)19-5-9-4-10(6-23(9)7-11(25)26)24-8-20-12-13(24)21-15(18)22-14(12)27/h8-10H,4-7H2,1-3H3,(H,19,28)(H,25,26)(H3,18,21,22,27)/t9-,10+/m1/s1. The Kier molecular flexibility index (Phi) is 5.46. The molecule has 5 N–H and O–H groups in total. The highest BCUT2D eigenvalue weighted by atomic mass is 16.6. The van der Waals surface area contributed by atoms with Crippen LogP contribution in [0.2, 0.25) is 0 Å². The first-order chi connectivity index (χ1) is 13.5. The molecule has 1 amide bonds. The zero-order chi connectivity index (χ0) is 21.3. The summed E-state index contributed by atoms with van der Waals surface area (Å²) in [5.41, 5.74) is 5.09. The molecule has 2 aromatic rings. The number of alkyl carbamates (subject to hydrolysis) is 1. The van der Waals surface area contributed by atoms with Gasteiger partial charge in [-0.2, -0.15) is 4.98 Å². The van der Waals surface area contributed by atoms with Crippen LogP contribution >= 0.6 is 0 Å². The van der Waals surface area contributed by atoms with E-state index in [0.717, 1.165) is 0 Å². The van der Waals surface area contributed by atoms with Crippen LogP contribution in [0.3, 0.4) is 0 Å². The summed E-state index contributed by atoms with van der Waals surface area (Å²) < 4.78 is 6.96. The van der Waals surface area contributed by atoms with Crippen LogP contribution in [0.1, 0.15) is 33.2 Å². The van der Waals surface area contributed by atoms with Crippen LogP contribution in [-0.4, -0.2) is 72.9 Å². The zero-order valence-electron chi connectivity index (χ0n) is 16.5. The Hall–Kier alpha value is -3.15. The molecule has 3 rings (SSSR count). The molecule has 0 unspecified atom stereocenters. The molecule has 3 heterocycles. The van der Waals surface area contributed by atoms with Gasteiger partial charge in [-0.15, -0.1) is 0 Å². The highest BCUT2D eigenvalue weighted by molar-refractivity contribution is 5.71. The summed E-state index contributed by atoms with van der Waals surface area (Å²) in [6.07, 6.45) is 1.47. The minimum Gasteiger partial charge on any atom is -0.480 e. The molecule has 12 nitrogen and oxygen atoms in total. The molecule has 1 saturated heterocycles. The largest absolute Gasteiger partial charge is 0.480 e. The third kappa shape index (κ3) is 4.83. The van der Waals surface area contributed by atoms with Gasteiger partial charge in [0, 0.05) is 19.1 Å². The Labute approximate surface area is 166 Å². The summed E-state index contributed by atoms with van der Waals surface area (Å²) in [4.78, 5) is 47.7. The van der Waals surface area contributed by atoms with Gasteiger partial charge >= 0.3 is 12.1 Å². The van der Waals surface area contributed by atoms with Crippen molar-refractivity contribution >= 4 is 29.2 Å². The Balaban J connectivity index is 1.78. The molecule has 29 heavy (non-hydrogen) atoms. The second kappa shape index (κ2) is 7.70. The van der Waals surface area contributed by atoms with Gasteiger partial charge in [0.1, 0.15) is 5.60 Å². The fraction of sp³-hybridized carbons (Fsp3) is 0.588. The molecule has 0 bridgehead atoms. The number of nitrogens with one attached hydrogen (secondary N) is 2. The highest BCUT2D eigenvalue weighted by Crippen LogP contribution is 2.29. The van der Waals surface area contributed by atoms with Gasteiger partial charge in [-0.1, -0.05) is 0 Å². The van der Waals surface area contributed by atoms with Crippen molar-refractivity contribution in [1.29, 1.82) is 0 Å². The van der Waals surface area contributed by atoms with Crippen LogP contribution in [-0.2, 0) is 9.53 Å². The number of anilines is 1. The highest BCUT2D eigenvalue weighted by Gasteiger charge is 2.35. The maximum Gasteiger partial charge on any atom is 0.407 e. The van der Waals surface area contributed by atoms with E-state index in [1.807, 2.05) is 0 Å². The monoisotopic (exact) mass is 407 g/mol. The number of aromatic amines is 1. The van der Waals surface area contributed by atoms with Gasteiger partial charge in [0.05, 0.1) is 18.9 Å². The molecule has 1 aliphatic rings. The lowest BCUT2D eigenvalue weighted by Crippen LogP contribution is -2.43. The Bertz CT molecular complexity index is 977. The number of hydrogen-bond donors (Lipinski definition) is 4. The van der Waals surface area contributed by atoms with Gasteiger partial charge in [0.15, 0.2) is 11.2 Å². The third-order valence-corrected chi connectivity index (χ3v) is 4.57. The van der Waals surface area contributed by atoms with Crippen LogP contribution in [0.15, 0.2) is 11.1 Å². The molecule has 1 aliphatic heterocycles. The minimum atomic E-state index is -0.970. The van der Waals surface area contributed by atoms with E-state index in [2.05, 4.69) is 20.3 Å². The number of nitrogen functional groups attached to an aromatic ring is 1. The van der Waals surface area contributed by atoms with E-state index in [9.17, 15) is 19.5 Å². The first kappa shape index (κ1) is 20.6. The number of rotatable bonds is 5. The quantitative estimate of drug-likeness (QED) is 0.530. The molecule has 158 valence electrons. The summed E-state index contributed by atoms with van der Waals surface area (Å²) in [7, 11) is 0. The molecule has 0 radical (unpaired) electrons. The molecule has 0 aromatic carbocycles. The van der Waals surface area contributed by atoms with E-state index in [4.69, 9.17) is 10.5 Å². The number of aromatic nitrogens is 4. The molecule has 0 spiro atoms. The molecular weight excluding hydrogens is 382 g/mol. The average Bonchev–Trinajstić information content (AvgIpc) is 3.14. The Morgan fingerprint density at radius 2 is 2.17 bits per heavy atom. The normalized spacial score (nSPS) is 20.1. The van der Waals surface area contributed by atoms with E-state index in [-0.39, 0.29) is 36.6 Å². The fourth-order valence-electron chi connectivity index (χ4n) is 3.46. The predicted molar refractivity (Wildman–Crippen MR) is 103 cm³/mol. The minimum absolute atomic E-state index is 0.0206. The lowest BCUT2D eigenvalue weighted by atomic mass is 10.1. The van der Waals surface area contributed by atoms with E-state index >= 15 is 0 Å². The third-order valence-electron chi connectivity index (χ3n) is 4.57. The number of carbonyl (C=O) groups is 2. The van der Waals surface area contributed by atoms with Crippen molar-refractivity contribution in [2.24, 2.45) is 0 Å². The average molecular weight is 407 g/mol. The predicted octanol–water partition coefficient (Wildman–Crippen LogP) is -0.0735. The van der Waals surface area contributed by atoms with E-state index < -0.39 is 23.2 Å². The van der Waals surface area contributed by atoms with Gasteiger partial charge in [-0.3, -0.25) is 19.5 Å². The van der Waals surface area contributed by atoms with Gasteiger partial charge in [-0.05, 0) is 27.2 Å². The summed E-state index contributed by atoms with van der Waals surface area (Å²) in [5.74, 6) is -0.991. The van der Waals surface area contributed by atoms with Crippen LogP contribution < -0.4 is 16.6 Å². The number of nitrogens with zero attached hydrogens (tertiary/aromatic N) is 4. The summed E-state index contributed by atoms with van der Waals surface area (Å²) >= 11 is 0. The maximum absolute atomic E-state index is 12.0. The zero-order valence-corrected chi connectivity index (χ0v) is 16.5. The first-order valence-electron chi connectivity index (χ1n) is 9.18. The fourth-order valence-corrected chi connectivity index (χ4v) is 3.46. The van der Waals surface area contributed by atoms with Crippen molar-refractivity contribution in [2.75, 3.05) is 25.4 Å². The number of carboxylic acids is 1. The molecule has 12 heteroatoms. The van der Waals surface area contributed by atoms with Crippen LogP contribution in [0.5, 0.6) is 0 Å². The number of amides is 1. The number of likely N-dealkylation sites (tertiary alicyclic amines) is 1. The molecule has 2 aromatic heterocycles. The molecule has 0 saturated carbocycles. The number of aliphatic carboxylic acids is 1. The number of fused-ring (bicyclic) bond motifs is 1. The van der Waals surface area contributed by atoms with E-state index in [0.29, 0.717) is 18.6 Å². The Morgan fingerprint density at radius 3 is 2.83 bits per heavy atom. The number of nitrogens with two attached hydrogens (primary N) is 1. The second-order valence-electron chi connectivity index (χ2n) is 8.02. The van der Waals surface area contributed by atoms with Gasteiger partial charge in [0.2, 0.25) is 5.95 Å². The van der Waals surface area contributed by atoms with Crippen LogP contribution in [0.25, 0.3) is 11.2 Å². The first-order valence-corrected chi connectivity index (χ1v) is 9.18. The topological polar surface area (TPSA) is 168 Å². The Morgan fingerprint density at radius 1 is 1.45 bits per heavy atom. The van der Waals surface area contributed by atoms with Crippen LogP contribution in [0, 0.1) is 0 Å². The summed E-state index contributed by atoms with van der Waals surface area (Å²) in [6, 6.07) is -0.418. The SMILES string of the molecule is CC(C)(C)OC(=O)NC[C@H]1C[C@H](n2cnc3c(=O)[nH]c(N)nc32)CN1CC(=O)O. The maximum atomic E-state index is 12.0. The van der Waals surface area contributed by atoms with Crippen molar-refractivity contribution in [3.63, 3.8) is 0 Å². The number of carbonyl (C=O) groups excluding carboxylic acids is 1. The van der Waals surface area contributed by atoms with Crippen molar-refractivity contribution in [3.8, 4) is 0 Å². The number of imidazole rings is 1. The number of carboxylic acid groups (broad SMARTS) is 1. The number of H-pyrrole nitrogens is 1. The van der Waals surface area contributed by atoms with Crippen LogP contribution in [0.4, 0.5) is 10.7 Å². The lowest BCUT2D eigenvalue weighted by Gasteiger charge is -2.24. The van der Waals surface area contributed by atoms with E-state index in [1.54, 1.807) is 30.2 Å². The molecule has 1 fully saturated rings. The lowest BCUT2D eigenvalue weighted by molar-refractivity contribution is -0.138. The number of hydrogen-bond acceptors (Lipinski definition) is 8. The van der Waals surface area contributed by atoms with Crippen molar-refractivity contribution in [3.05, 3.63) is 16.7 Å². The van der Waals surface area contributed by atoms with Crippen molar-refractivity contribution in [1.82, 2.24) is 29.7 Å². The molecule has 0 aliphatic carbocycles. The van der Waals surface area contributed by atoms with Gasteiger partial charge < -0.3 is 25.5 Å². The van der Waals surface area contributed by atoms with E-state index in [1.165, 1.54) is 6.33 Å². The molecule has 2 atom stereocenters. The van der Waals surface area contributed by atoms with Gasteiger partial charge in [-0.25, -0.2) is 9.78 Å².